The maximum absolute atomic E-state index is 3.42. The fourth-order valence-electron chi connectivity index (χ4n) is 3.33. The lowest BCUT2D eigenvalue weighted by molar-refractivity contribution is 0.248. The number of benzene rings is 2. The Labute approximate surface area is 148 Å². The normalized spacial score (nSPS) is 18.0. The molecular weight excluding hydrogens is 316 g/mol. The molecule has 2 aliphatic rings. The van der Waals surface area contributed by atoms with E-state index >= 15 is 0 Å². The van der Waals surface area contributed by atoms with Gasteiger partial charge < -0.3 is 5.32 Å². The lowest BCUT2D eigenvalue weighted by Crippen LogP contribution is -2.45. The summed E-state index contributed by atoms with van der Waals surface area (Å²) >= 11 is 1.82. The van der Waals surface area contributed by atoms with E-state index in [1.807, 2.05) is 12.1 Å². The molecule has 1 saturated heterocycles. The second kappa shape index (κ2) is 7.05. The number of rotatable bonds is 4. The molecule has 5 heteroatoms. The van der Waals surface area contributed by atoms with Crippen LogP contribution in [0.4, 0.5) is 17.1 Å². The van der Waals surface area contributed by atoms with Gasteiger partial charge in [-0.1, -0.05) is 30.3 Å². The van der Waals surface area contributed by atoms with E-state index in [1.54, 1.807) is 0 Å². The number of nitrogens with zero attached hydrogens (tertiary/aromatic N) is 3. The molecule has 0 spiro atoms. The quantitative estimate of drug-likeness (QED) is 0.859. The number of fused-ring (bicyclic) bond motifs is 1. The molecule has 2 aromatic rings. The summed E-state index contributed by atoms with van der Waals surface area (Å²) in [5, 5.41) is 3.42. The van der Waals surface area contributed by atoms with Gasteiger partial charge >= 0.3 is 0 Å². The smallest absolute Gasteiger partial charge is 0.0784 e. The highest BCUT2D eigenvalue weighted by molar-refractivity contribution is 8.02. The Morgan fingerprint density at radius 3 is 2.29 bits per heavy atom. The fourth-order valence-corrected chi connectivity index (χ4v) is 4.46. The largest absolute Gasteiger partial charge is 0.314 e. The Morgan fingerprint density at radius 2 is 1.54 bits per heavy atom. The van der Waals surface area contributed by atoms with Gasteiger partial charge in [0.2, 0.25) is 0 Å². The average Bonchev–Trinajstić information content (AvgIpc) is 3.00. The lowest BCUT2D eigenvalue weighted by Gasteiger charge is -2.29. The molecule has 2 aromatic carbocycles. The monoisotopic (exact) mass is 340 g/mol. The van der Waals surface area contributed by atoms with E-state index in [-0.39, 0.29) is 0 Å². The molecule has 24 heavy (non-hydrogen) atoms. The van der Waals surface area contributed by atoms with E-state index in [0.29, 0.717) is 0 Å². The molecule has 0 radical (unpaired) electrons. The van der Waals surface area contributed by atoms with Crippen molar-refractivity contribution in [1.29, 1.82) is 0 Å². The molecule has 0 aliphatic carbocycles. The second-order valence-corrected chi connectivity index (χ2v) is 7.31. The minimum atomic E-state index is 1.05. The van der Waals surface area contributed by atoms with Gasteiger partial charge in [-0.25, -0.2) is 0 Å². The van der Waals surface area contributed by atoms with Gasteiger partial charge in [0.15, 0.2) is 0 Å². The molecular formula is C19H24N4S. The van der Waals surface area contributed by atoms with Crippen molar-refractivity contribution < 1.29 is 0 Å². The number of hydrogen-bond acceptors (Lipinski definition) is 5. The summed E-state index contributed by atoms with van der Waals surface area (Å²) in [5.41, 5.74) is 5.20. The first-order valence-electron chi connectivity index (χ1n) is 8.66. The minimum Gasteiger partial charge on any atom is -0.314 e. The van der Waals surface area contributed by atoms with E-state index in [9.17, 15) is 0 Å². The predicted molar refractivity (Wildman–Crippen MR) is 104 cm³/mol. The summed E-state index contributed by atoms with van der Waals surface area (Å²) in [4.78, 5) is 2.55. The first-order valence-corrected chi connectivity index (χ1v) is 9.39. The zero-order valence-corrected chi connectivity index (χ0v) is 14.9. The summed E-state index contributed by atoms with van der Waals surface area (Å²) in [5.74, 6) is 0. The number of aryl methyl sites for hydroxylation is 1. The average molecular weight is 340 g/mol. The molecule has 0 unspecified atom stereocenters. The zero-order valence-electron chi connectivity index (χ0n) is 14.1. The Balaban J connectivity index is 1.54. The van der Waals surface area contributed by atoms with Crippen molar-refractivity contribution in [2.75, 3.05) is 47.9 Å². The fraction of sp³-hybridized carbons (Fsp3) is 0.368. The molecule has 0 bridgehead atoms. The van der Waals surface area contributed by atoms with Crippen LogP contribution in [-0.2, 0) is 0 Å². The van der Waals surface area contributed by atoms with Crippen molar-refractivity contribution >= 4 is 29.2 Å². The maximum Gasteiger partial charge on any atom is 0.0784 e. The van der Waals surface area contributed by atoms with Crippen molar-refractivity contribution in [3.8, 4) is 0 Å². The van der Waals surface area contributed by atoms with Crippen molar-refractivity contribution in [2.24, 2.45) is 0 Å². The van der Waals surface area contributed by atoms with Crippen LogP contribution in [-0.4, -0.2) is 44.2 Å². The molecule has 2 heterocycles. The number of para-hydroxylation sites is 3. The Bertz CT molecular complexity index is 699. The first-order chi connectivity index (χ1) is 11.8. The van der Waals surface area contributed by atoms with Gasteiger partial charge in [-0.15, -0.1) is 0 Å². The van der Waals surface area contributed by atoms with E-state index in [2.05, 4.69) is 74.3 Å². The summed E-state index contributed by atoms with van der Waals surface area (Å²) in [7, 11) is 0. The number of anilines is 3. The van der Waals surface area contributed by atoms with Crippen LogP contribution in [0.25, 0.3) is 0 Å². The van der Waals surface area contributed by atoms with E-state index < -0.39 is 0 Å². The standard InChI is InChI=1S/C19H24N4S/c1-16-6-2-3-7-17(16)23-19-9-5-4-8-18(19)22(24-23)15-14-21-12-10-20-11-13-21/h2-9,20H,10-15H2,1H3. The van der Waals surface area contributed by atoms with Crippen molar-refractivity contribution in [2.45, 2.75) is 6.92 Å². The zero-order chi connectivity index (χ0) is 16.4. The van der Waals surface area contributed by atoms with Crippen LogP contribution in [0.5, 0.6) is 0 Å². The van der Waals surface area contributed by atoms with E-state index in [0.717, 1.165) is 39.3 Å². The summed E-state index contributed by atoms with van der Waals surface area (Å²) < 4.78 is 4.80. The van der Waals surface area contributed by atoms with Crippen LogP contribution in [0.15, 0.2) is 48.5 Å². The highest BCUT2D eigenvalue weighted by Gasteiger charge is 2.29. The molecule has 4 rings (SSSR count). The van der Waals surface area contributed by atoms with Gasteiger partial charge in [-0.2, -0.15) is 0 Å². The molecule has 0 atom stereocenters. The van der Waals surface area contributed by atoms with Crippen LogP contribution in [0.3, 0.4) is 0 Å². The number of hydrogen-bond donors (Lipinski definition) is 1. The van der Waals surface area contributed by atoms with Crippen molar-refractivity contribution in [3.63, 3.8) is 0 Å². The van der Waals surface area contributed by atoms with Crippen molar-refractivity contribution in [1.82, 2.24) is 10.2 Å². The van der Waals surface area contributed by atoms with Crippen molar-refractivity contribution in [3.05, 3.63) is 54.1 Å². The molecule has 2 aliphatic heterocycles. The van der Waals surface area contributed by atoms with Gasteiger partial charge in [0, 0.05) is 39.3 Å². The first kappa shape index (κ1) is 15.8. The van der Waals surface area contributed by atoms with Crippen LogP contribution < -0.4 is 13.9 Å². The molecule has 0 amide bonds. The third kappa shape index (κ3) is 3.11. The number of nitrogens with one attached hydrogen (secondary N) is 1. The van der Waals surface area contributed by atoms with E-state index in [1.165, 1.54) is 22.6 Å². The molecule has 0 aromatic heterocycles. The number of piperazine rings is 1. The minimum absolute atomic E-state index is 1.05. The Morgan fingerprint density at radius 1 is 0.875 bits per heavy atom. The van der Waals surface area contributed by atoms with Gasteiger partial charge in [0.05, 0.1) is 29.2 Å². The Hall–Kier alpha value is -1.69. The molecule has 126 valence electrons. The molecule has 4 nitrogen and oxygen atoms in total. The summed E-state index contributed by atoms with van der Waals surface area (Å²) in [6, 6.07) is 17.3. The third-order valence-corrected chi connectivity index (χ3v) is 5.85. The SMILES string of the molecule is Cc1ccccc1N1SN(CCN2CCNCC2)c2ccccc21. The highest BCUT2D eigenvalue weighted by atomic mass is 32.2. The predicted octanol–water partition coefficient (Wildman–Crippen LogP) is 3.42. The topological polar surface area (TPSA) is 21.8 Å². The van der Waals surface area contributed by atoms with Gasteiger partial charge in [-0.05, 0) is 30.7 Å². The van der Waals surface area contributed by atoms with Gasteiger partial charge in [0.25, 0.3) is 0 Å². The highest BCUT2D eigenvalue weighted by Crippen LogP contribution is 2.49. The Kier molecular flexibility index (Phi) is 4.65. The maximum atomic E-state index is 3.42. The van der Waals surface area contributed by atoms with Crippen LogP contribution >= 0.6 is 12.1 Å². The lowest BCUT2D eigenvalue weighted by atomic mass is 10.2. The third-order valence-electron chi connectivity index (χ3n) is 4.71. The molecule has 0 saturated carbocycles. The van der Waals surface area contributed by atoms with Crippen LogP contribution in [0, 0.1) is 6.92 Å². The summed E-state index contributed by atoms with van der Waals surface area (Å²) in [6.07, 6.45) is 0. The second-order valence-electron chi connectivity index (χ2n) is 6.34. The van der Waals surface area contributed by atoms with Gasteiger partial charge in [0.1, 0.15) is 0 Å². The van der Waals surface area contributed by atoms with E-state index in [4.69, 9.17) is 0 Å². The van der Waals surface area contributed by atoms with Crippen LogP contribution in [0.1, 0.15) is 5.56 Å². The van der Waals surface area contributed by atoms with Gasteiger partial charge in [-0.3, -0.25) is 13.5 Å². The summed E-state index contributed by atoms with van der Waals surface area (Å²) in [6.45, 7) is 8.87. The molecule has 1 N–H and O–H groups in total. The van der Waals surface area contributed by atoms with Crippen LogP contribution in [0.2, 0.25) is 0 Å². The molecule has 1 fully saturated rings.